The van der Waals surface area contributed by atoms with Gasteiger partial charge in [0.05, 0.1) is 22.3 Å². The molecule has 4 aromatic rings. The summed E-state index contributed by atoms with van der Waals surface area (Å²) in [6, 6.07) is 24.3. The van der Waals surface area contributed by atoms with E-state index in [4.69, 9.17) is 52.1 Å². The first-order valence-corrected chi connectivity index (χ1v) is 23.9. The van der Waals surface area contributed by atoms with Crippen molar-refractivity contribution in [3.8, 4) is 0 Å². The molecule has 0 spiro atoms. The second-order valence-corrected chi connectivity index (χ2v) is 18.8. The molecule has 6 rings (SSSR count). The van der Waals surface area contributed by atoms with E-state index in [0.29, 0.717) is 17.9 Å². The standard InChI is InChI=1S/C47H42Br4O18/c1-23(52)60-21-34-36(62-24(2)53)38(63-25(3)54)40(46(59-4)64-34)69-47-41(68-45(58)29-11-19-33(51)20-12-29)39(67-44(57)28-9-17-32(50)18-10-28)37(66-43(56)27-7-15-31(49)16-8-27)35(65-47)22-61-42(55)26-5-13-30(48)14-6-26/h5-20,34-41,46-47H,21-22H2,1-4H3/t34-,35-,36-,37-,38+,39+,40-,41-,46-,47+/m1/s1. The van der Waals surface area contributed by atoms with Crippen LogP contribution in [-0.4, -0.2) is 124 Å². The van der Waals surface area contributed by atoms with Gasteiger partial charge in [-0.1, -0.05) is 63.7 Å². The smallest absolute Gasteiger partial charge is 0.338 e. The van der Waals surface area contributed by atoms with Crippen LogP contribution in [0.4, 0.5) is 0 Å². The number of halogens is 4. The van der Waals surface area contributed by atoms with Crippen molar-refractivity contribution < 1.29 is 85.7 Å². The lowest BCUT2D eigenvalue weighted by Gasteiger charge is -2.48. The van der Waals surface area contributed by atoms with Gasteiger partial charge in [0.25, 0.3) is 0 Å². The normalized spacial score (nSPS) is 24.2. The number of carbonyl (C=O) groups is 7. The van der Waals surface area contributed by atoms with Crippen molar-refractivity contribution in [2.24, 2.45) is 0 Å². The van der Waals surface area contributed by atoms with Gasteiger partial charge >= 0.3 is 41.8 Å². The number of benzene rings is 4. The molecule has 10 atom stereocenters. The molecule has 4 aromatic carbocycles. The highest BCUT2D eigenvalue weighted by Crippen LogP contribution is 2.37. The number of hydrogen-bond acceptors (Lipinski definition) is 18. The summed E-state index contributed by atoms with van der Waals surface area (Å²) in [5.41, 5.74) is 0.168. The Kier molecular flexibility index (Phi) is 19.0. The van der Waals surface area contributed by atoms with Crippen LogP contribution >= 0.6 is 63.7 Å². The molecule has 2 aliphatic rings. The molecule has 0 aliphatic carbocycles. The molecular formula is C47H42Br4O18. The second-order valence-electron chi connectivity index (χ2n) is 15.1. The maximum Gasteiger partial charge on any atom is 0.338 e. The molecule has 2 fully saturated rings. The van der Waals surface area contributed by atoms with Gasteiger partial charge in [0, 0.05) is 45.8 Å². The van der Waals surface area contributed by atoms with Crippen molar-refractivity contribution in [3.63, 3.8) is 0 Å². The molecular weight excluding hydrogens is 1170 g/mol. The maximum atomic E-state index is 14.3. The molecule has 0 saturated carbocycles. The van der Waals surface area contributed by atoms with Crippen molar-refractivity contribution in [1.82, 2.24) is 0 Å². The first kappa shape index (κ1) is 53.3. The fraction of sp³-hybridized carbons (Fsp3) is 0.340. The summed E-state index contributed by atoms with van der Waals surface area (Å²) in [4.78, 5) is 93.5. The first-order valence-electron chi connectivity index (χ1n) is 20.7. The van der Waals surface area contributed by atoms with Gasteiger partial charge in [0.2, 0.25) is 0 Å². The lowest BCUT2D eigenvalue weighted by atomic mass is 9.96. The molecule has 22 heteroatoms. The Balaban J connectivity index is 1.51. The highest BCUT2D eigenvalue weighted by molar-refractivity contribution is 9.11. The van der Waals surface area contributed by atoms with Crippen LogP contribution in [0, 0.1) is 0 Å². The molecule has 0 amide bonds. The van der Waals surface area contributed by atoms with E-state index < -0.39 is 116 Å². The SMILES string of the molecule is CO[C@@H]1O[C@H](COC(C)=O)[C@@H](OC(C)=O)[C@H](OC(C)=O)[C@H]1O[C@@H]1O[C@H](COC(=O)c2ccc(Br)cc2)[C@@H](OC(=O)c2ccc(Br)cc2)[C@H](OC(=O)c2ccc(Br)cc2)[C@H]1OC(=O)c1ccc(Br)cc1. The molecule has 18 nitrogen and oxygen atoms in total. The number of esters is 7. The number of hydrogen-bond donors (Lipinski definition) is 0. The lowest BCUT2D eigenvalue weighted by Crippen LogP contribution is -2.67. The number of ether oxygens (including phenoxy) is 11. The Labute approximate surface area is 428 Å². The lowest BCUT2D eigenvalue weighted by molar-refractivity contribution is -0.363. The summed E-state index contributed by atoms with van der Waals surface area (Å²) < 4.78 is 68.3. The third kappa shape index (κ3) is 14.5. The third-order valence-electron chi connectivity index (χ3n) is 10.2. The number of rotatable bonds is 16. The van der Waals surface area contributed by atoms with Crippen LogP contribution < -0.4 is 0 Å². The van der Waals surface area contributed by atoms with E-state index >= 15 is 0 Å². The summed E-state index contributed by atoms with van der Waals surface area (Å²) in [6.07, 6.45) is -16.8. The molecule has 0 bridgehead atoms. The number of methoxy groups -OCH3 is 1. The molecule has 0 unspecified atom stereocenters. The van der Waals surface area contributed by atoms with Crippen molar-refractivity contribution in [2.45, 2.75) is 82.2 Å². The molecule has 366 valence electrons. The van der Waals surface area contributed by atoms with Crippen molar-refractivity contribution in [3.05, 3.63) is 137 Å². The maximum absolute atomic E-state index is 14.3. The van der Waals surface area contributed by atoms with Crippen LogP contribution in [-0.2, 0) is 66.5 Å². The average molecular weight is 1210 g/mol. The van der Waals surface area contributed by atoms with E-state index in [1.807, 2.05) is 0 Å². The van der Waals surface area contributed by atoms with E-state index in [-0.39, 0.29) is 22.3 Å². The van der Waals surface area contributed by atoms with Crippen molar-refractivity contribution in [2.75, 3.05) is 20.3 Å². The predicted molar refractivity (Wildman–Crippen MR) is 251 cm³/mol. The minimum atomic E-state index is -1.96. The highest BCUT2D eigenvalue weighted by atomic mass is 79.9. The Bertz CT molecular complexity index is 2470. The first-order chi connectivity index (χ1) is 32.9. The van der Waals surface area contributed by atoms with Crippen molar-refractivity contribution in [1.29, 1.82) is 0 Å². The molecule has 2 saturated heterocycles. The Morgan fingerprint density at radius 3 is 1.14 bits per heavy atom. The average Bonchev–Trinajstić information content (AvgIpc) is 3.31. The van der Waals surface area contributed by atoms with E-state index in [9.17, 15) is 33.6 Å². The van der Waals surface area contributed by atoms with Gasteiger partial charge in [-0.2, -0.15) is 0 Å². The van der Waals surface area contributed by atoms with Crippen LogP contribution in [0.3, 0.4) is 0 Å². The van der Waals surface area contributed by atoms with Gasteiger partial charge in [-0.3, -0.25) is 14.4 Å². The molecule has 2 aliphatic heterocycles. The summed E-state index contributed by atoms with van der Waals surface area (Å²) in [5, 5.41) is 0. The third-order valence-corrected chi connectivity index (χ3v) is 12.3. The summed E-state index contributed by atoms with van der Waals surface area (Å²) in [7, 11) is 1.21. The topological polar surface area (TPSA) is 221 Å². The minimum absolute atomic E-state index is 0.000636. The predicted octanol–water partition coefficient (Wildman–Crippen LogP) is 7.48. The quantitative estimate of drug-likeness (QED) is 0.0784. The van der Waals surface area contributed by atoms with E-state index in [2.05, 4.69) is 63.7 Å². The van der Waals surface area contributed by atoms with E-state index in [0.717, 1.165) is 20.8 Å². The van der Waals surface area contributed by atoms with Gasteiger partial charge in [-0.05, 0) is 97.1 Å². The zero-order valence-electron chi connectivity index (χ0n) is 36.8. The van der Waals surface area contributed by atoms with E-state index in [1.54, 1.807) is 48.5 Å². The monoisotopic (exact) mass is 1210 g/mol. The van der Waals surface area contributed by atoms with Gasteiger partial charge < -0.3 is 52.1 Å². The summed E-state index contributed by atoms with van der Waals surface area (Å²) in [5.74, 6) is -6.27. The summed E-state index contributed by atoms with van der Waals surface area (Å²) >= 11 is 13.4. The fourth-order valence-corrected chi connectivity index (χ4v) is 8.10. The van der Waals surface area contributed by atoms with Crippen LogP contribution in [0.1, 0.15) is 62.2 Å². The van der Waals surface area contributed by atoms with Gasteiger partial charge in [-0.15, -0.1) is 0 Å². The summed E-state index contributed by atoms with van der Waals surface area (Å²) in [6.45, 7) is 2.07. The molecule has 2 heterocycles. The van der Waals surface area contributed by atoms with Crippen molar-refractivity contribution >= 4 is 106 Å². The molecule has 0 N–H and O–H groups in total. The van der Waals surface area contributed by atoms with Crippen LogP contribution in [0.5, 0.6) is 0 Å². The van der Waals surface area contributed by atoms with E-state index in [1.165, 1.54) is 55.6 Å². The zero-order chi connectivity index (χ0) is 49.9. The van der Waals surface area contributed by atoms with Crippen LogP contribution in [0.2, 0.25) is 0 Å². The van der Waals surface area contributed by atoms with Gasteiger partial charge in [0.15, 0.2) is 49.2 Å². The van der Waals surface area contributed by atoms with Gasteiger partial charge in [-0.25, -0.2) is 19.2 Å². The van der Waals surface area contributed by atoms with Crippen LogP contribution in [0.25, 0.3) is 0 Å². The zero-order valence-corrected chi connectivity index (χ0v) is 43.1. The Morgan fingerprint density at radius 1 is 0.406 bits per heavy atom. The Morgan fingerprint density at radius 2 is 0.739 bits per heavy atom. The highest BCUT2D eigenvalue weighted by Gasteiger charge is 2.58. The second kappa shape index (κ2) is 24.7. The number of carbonyl (C=O) groups excluding carboxylic acids is 7. The van der Waals surface area contributed by atoms with Crippen LogP contribution in [0.15, 0.2) is 115 Å². The molecule has 69 heavy (non-hydrogen) atoms. The minimum Gasteiger partial charge on any atom is -0.463 e. The largest absolute Gasteiger partial charge is 0.463 e. The van der Waals surface area contributed by atoms with Gasteiger partial charge in [0.1, 0.15) is 25.4 Å². The Hall–Kier alpha value is -5.07. The fourth-order valence-electron chi connectivity index (χ4n) is 7.04. The molecule has 0 radical (unpaired) electrons. The molecule has 0 aromatic heterocycles.